The van der Waals surface area contributed by atoms with Crippen LogP contribution in [-0.2, 0) is 9.53 Å². The van der Waals surface area contributed by atoms with E-state index in [2.05, 4.69) is 9.72 Å². The number of aliphatic hydroxyl groups excluding tert-OH is 2. The number of carbonyl (C=O) groups is 2. The van der Waals surface area contributed by atoms with E-state index in [9.17, 15) is 19.8 Å². The van der Waals surface area contributed by atoms with Crippen molar-refractivity contribution in [3.8, 4) is 0 Å². The number of methoxy groups -OCH3 is 1. The van der Waals surface area contributed by atoms with Crippen molar-refractivity contribution in [1.82, 2.24) is 4.98 Å². The van der Waals surface area contributed by atoms with E-state index in [0.29, 0.717) is 0 Å². The van der Waals surface area contributed by atoms with Gasteiger partial charge in [-0.05, 0) is 6.07 Å². The van der Waals surface area contributed by atoms with Crippen LogP contribution in [0.2, 0.25) is 5.15 Å². The summed E-state index contributed by atoms with van der Waals surface area (Å²) >= 11 is 5.54. The van der Waals surface area contributed by atoms with Crippen LogP contribution < -0.4 is 0 Å². The number of esters is 1. The van der Waals surface area contributed by atoms with Crippen LogP contribution in [0.3, 0.4) is 0 Å². The van der Waals surface area contributed by atoms with Gasteiger partial charge >= 0.3 is 11.9 Å². The molecule has 98 valence electrons. The van der Waals surface area contributed by atoms with Crippen LogP contribution >= 0.6 is 11.6 Å². The zero-order valence-electron chi connectivity index (χ0n) is 9.20. The Kier molecular flexibility index (Phi) is 4.60. The zero-order chi connectivity index (χ0) is 13.9. The number of aromatic nitrogens is 1. The SMILES string of the molecule is COC(=O)C(O)C(O)c1cnc(Cl)c(C(=O)O)c1. The summed E-state index contributed by atoms with van der Waals surface area (Å²) in [4.78, 5) is 25.4. The van der Waals surface area contributed by atoms with Crippen LogP contribution in [0.4, 0.5) is 0 Å². The minimum atomic E-state index is -1.83. The van der Waals surface area contributed by atoms with E-state index in [1.807, 2.05) is 0 Å². The Labute approximate surface area is 107 Å². The fraction of sp³-hybridized carbons (Fsp3) is 0.300. The van der Waals surface area contributed by atoms with Gasteiger partial charge in [0.1, 0.15) is 11.3 Å². The van der Waals surface area contributed by atoms with Crippen molar-refractivity contribution in [2.75, 3.05) is 7.11 Å². The van der Waals surface area contributed by atoms with Gasteiger partial charge in [0.05, 0.1) is 12.7 Å². The Balaban J connectivity index is 3.07. The Morgan fingerprint density at radius 2 is 2.06 bits per heavy atom. The third kappa shape index (κ3) is 2.95. The number of ether oxygens (including phenoxy) is 1. The van der Waals surface area contributed by atoms with Gasteiger partial charge < -0.3 is 20.1 Å². The standard InChI is InChI=1S/C10H10ClNO6/c1-18-10(17)7(14)6(13)4-2-5(9(15)16)8(11)12-3-4/h2-3,6-7,13-14H,1H3,(H,15,16). The number of carboxylic acids is 1. The Hall–Kier alpha value is -1.70. The second kappa shape index (κ2) is 5.76. The molecule has 1 aromatic heterocycles. The van der Waals surface area contributed by atoms with E-state index in [4.69, 9.17) is 16.7 Å². The van der Waals surface area contributed by atoms with E-state index in [1.165, 1.54) is 0 Å². The molecule has 0 amide bonds. The first kappa shape index (κ1) is 14.4. The third-order valence-corrected chi connectivity index (χ3v) is 2.48. The van der Waals surface area contributed by atoms with Crippen LogP contribution in [0.5, 0.6) is 0 Å². The fourth-order valence-corrected chi connectivity index (χ4v) is 1.39. The van der Waals surface area contributed by atoms with E-state index in [1.54, 1.807) is 0 Å². The maximum Gasteiger partial charge on any atom is 0.338 e. The molecule has 1 heterocycles. The molecule has 0 aliphatic rings. The highest BCUT2D eigenvalue weighted by Gasteiger charge is 2.27. The third-order valence-electron chi connectivity index (χ3n) is 2.17. The summed E-state index contributed by atoms with van der Waals surface area (Å²) in [7, 11) is 1.04. The molecule has 0 aromatic carbocycles. The van der Waals surface area contributed by atoms with Crippen molar-refractivity contribution in [3.05, 3.63) is 28.5 Å². The monoisotopic (exact) mass is 275 g/mol. The van der Waals surface area contributed by atoms with Gasteiger partial charge in [0.25, 0.3) is 0 Å². The van der Waals surface area contributed by atoms with Crippen LogP contribution in [0, 0.1) is 0 Å². The van der Waals surface area contributed by atoms with Crippen LogP contribution in [0.25, 0.3) is 0 Å². The molecule has 18 heavy (non-hydrogen) atoms. The van der Waals surface area contributed by atoms with Crippen LogP contribution in [0.1, 0.15) is 22.0 Å². The Morgan fingerprint density at radius 1 is 1.44 bits per heavy atom. The topological polar surface area (TPSA) is 117 Å². The summed E-state index contributed by atoms with van der Waals surface area (Å²) in [5.41, 5.74) is -0.403. The molecular formula is C10H10ClNO6. The second-order valence-electron chi connectivity index (χ2n) is 3.33. The van der Waals surface area contributed by atoms with Crippen molar-refractivity contribution in [2.24, 2.45) is 0 Å². The summed E-state index contributed by atoms with van der Waals surface area (Å²) < 4.78 is 4.24. The van der Waals surface area contributed by atoms with Gasteiger partial charge in [-0.25, -0.2) is 14.6 Å². The molecule has 0 saturated heterocycles. The number of carboxylic acid groups (broad SMARTS) is 1. The predicted octanol–water partition coefficient (Wildman–Crippen LogP) is 0.000500. The maximum absolute atomic E-state index is 11.0. The van der Waals surface area contributed by atoms with E-state index in [0.717, 1.165) is 19.4 Å². The summed E-state index contributed by atoms with van der Waals surface area (Å²) in [5, 5.41) is 27.6. The minimum Gasteiger partial charge on any atom is -0.478 e. The summed E-state index contributed by atoms with van der Waals surface area (Å²) in [6.07, 6.45) is -2.43. The van der Waals surface area contributed by atoms with Gasteiger partial charge in [-0.3, -0.25) is 0 Å². The molecule has 1 aromatic rings. The molecular weight excluding hydrogens is 266 g/mol. The van der Waals surface area contributed by atoms with Gasteiger partial charge in [0.2, 0.25) is 0 Å². The molecule has 0 spiro atoms. The fourth-order valence-electron chi connectivity index (χ4n) is 1.21. The normalized spacial score (nSPS) is 13.8. The Morgan fingerprint density at radius 3 is 2.56 bits per heavy atom. The highest BCUT2D eigenvalue weighted by atomic mass is 35.5. The molecule has 0 aliphatic heterocycles. The number of nitrogens with zero attached hydrogens (tertiary/aromatic N) is 1. The van der Waals surface area contributed by atoms with Gasteiger partial charge in [-0.15, -0.1) is 0 Å². The molecule has 0 radical (unpaired) electrons. The molecule has 0 fully saturated rings. The molecule has 3 N–H and O–H groups in total. The summed E-state index contributed by atoms with van der Waals surface area (Å²) in [6.45, 7) is 0. The lowest BCUT2D eigenvalue weighted by Crippen LogP contribution is -2.29. The molecule has 0 aliphatic carbocycles. The first-order chi connectivity index (χ1) is 8.38. The van der Waals surface area contributed by atoms with Crippen LogP contribution in [0.15, 0.2) is 12.3 Å². The smallest absolute Gasteiger partial charge is 0.338 e. The van der Waals surface area contributed by atoms with E-state index in [-0.39, 0.29) is 16.3 Å². The molecule has 1 rings (SSSR count). The molecule has 2 atom stereocenters. The molecule has 0 saturated carbocycles. The zero-order valence-corrected chi connectivity index (χ0v) is 9.96. The van der Waals surface area contributed by atoms with E-state index >= 15 is 0 Å². The van der Waals surface area contributed by atoms with Gasteiger partial charge in [0, 0.05) is 11.8 Å². The van der Waals surface area contributed by atoms with Crippen molar-refractivity contribution in [2.45, 2.75) is 12.2 Å². The first-order valence-electron chi connectivity index (χ1n) is 4.71. The van der Waals surface area contributed by atoms with Gasteiger partial charge in [0.15, 0.2) is 6.10 Å². The van der Waals surface area contributed by atoms with Crippen molar-refractivity contribution in [1.29, 1.82) is 0 Å². The second-order valence-corrected chi connectivity index (χ2v) is 3.68. The van der Waals surface area contributed by atoms with Crippen LogP contribution in [-0.4, -0.2) is 45.5 Å². The first-order valence-corrected chi connectivity index (χ1v) is 5.09. The highest BCUT2D eigenvalue weighted by molar-refractivity contribution is 6.32. The Bertz CT molecular complexity index is 477. The number of hydrogen-bond donors (Lipinski definition) is 3. The van der Waals surface area contributed by atoms with Crippen molar-refractivity contribution >= 4 is 23.5 Å². The van der Waals surface area contributed by atoms with Gasteiger partial charge in [-0.2, -0.15) is 0 Å². The minimum absolute atomic E-state index is 0.0605. The quantitative estimate of drug-likeness (QED) is 0.523. The number of hydrogen-bond acceptors (Lipinski definition) is 6. The van der Waals surface area contributed by atoms with Crippen molar-refractivity contribution < 1.29 is 29.6 Å². The number of aliphatic hydroxyl groups is 2. The average Bonchev–Trinajstić information content (AvgIpc) is 2.36. The molecule has 0 bridgehead atoms. The summed E-state index contributed by atoms with van der Waals surface area (Å²) in [5.74, 6) is -2.39. The van der Waals surface area contributed by atoms with E-state index < -0.39 is 24.1 Å². The molecule has 7 nitrogen and oxygen atoms in total. The highest BCUT2D eigenvalue weighted by Crippen LogP contribution is 2.21. The number of halogens is 1. The molecule has 8 heteroatoms. The lowest BCUT2D eigenvalue weighted by molar-refractivity contribution is -0.156. The largest absolute Gasteiger partial charge is 0.478 e. The maximum atomic E-state index is 11.0. The lowest BCUT2D eigenvalue weighted by atomic mass is 10.0. The number of carbonyl (C=O) groups excluding carboxylic acids is 1. The lowest BCUT2D eigenvalue weighted by Gasteiger charge is -2.16. The number of rotatable bonds is 4. The number of aromatic carboxylic acids is 1. The predicted molar refractivity (Wildman–Crippen MR) is 59.2 cm³/mol. The van der Waals surface area contributed by atoms with Crippen molar-refractivity contribution in [3.63, 3.8) is 0 Å². The molecule has 2 unspecified atom stereocenters. The van der Waals surface area contributed by atoms with Gasteiger partial charge in [-0.1, -0.05) is 11.6 Å². The summed E-state index contributed by atoms with van der Waals surface area (Å²) in [6, 6.07) is 1.02. The average molecular weight is 276 g/mol. The number of pyridine rings is 1.